The summed E-state index contributed by atoms with van der Waals surface area (Å²) in [6.45, 7) is 3.38. The van der Waals surface area contributed by atoms with Crippen molar-refractivity contribution in [3.05, 3.63) is 42.0 Å². The Morgan fingerprint density at radius 1 is 1.37 bits per heavy atom. The summed E-state index contributed by atoms with van der Waals surface area (Å²) in [6.07, 6.45) is 6.91. The molecule has 0 aliphatic carbocycles. The molecule has 144 valence electrons. The lowest BCUT2D eigenvalue weighted by Gasteiger charge is -2.21. The number of nitrogens with zero attached hydrogens (tertiary/aromatic N) is 4. The number of aryl methyl sites for hydroxylation is 3. The van der Waals surface area contributed by atoms with Gasteiger partial charge >= 0.3 is 6.03 Å². The lowest BCUT2D eigenvalue weighted by molar-refractivity contribution is -0.117. The number of carbonyl (C=O) groups is 2. The quantitative estimate of drug-likeness (QED) is 0.851. The molecule has 7 nitrogen and oxygen atoms in total. The number of aromatic nitrogens is 2. The first-order valence-electron chi connectivity index (χ1n) is 9.35. The lowest BCUT2D eigenvalue weighted by Crippen LogP contribution is -2.32. The maximum atomic E-state index is 12.4. The number of urea groups is 1. The van der Waals surface area contributed by atoms with Gasteiger partial charge in [0.1, 0.15) is 5.82 Å². The van der Waals surface area contributed by atoms with Crippen molar-refractivity contribution >= 4 is 23.3 Å². The molecule has 1 aromatic heterocycles. The highest BCUT2D eigenvalue weighted by Gasteiger charge is 2.23. The molecule has 1 fully saturated rings. The third-order valence-corrected chi connectivity index (χ3v) is 4.97. The summed E-state index contributed by atoms with van der Waals surface area (Å²) in [5, 5.41) is 2.93. The summed E-state index contributed by atoms with van der Waals surface area (Å²) in [7, 11) is 3.76. The number of imidazole rings is 1. The van der Waals surface area contributed by atoms with Crippen LogP contribution in [0.15, 0.2) is 30.6 Å². The molecule has 1 aliphatic rings. The van der Waals surface area contributed by atoms with Crippen molar-refractivity contribution in [3.8, 4) is 0 Å². The average Bonchev–Trinajstić information content (AvgIpc) is 3.23. The fourth-order valence-electron chi connectivity index (χ4n) is 3.37. The normalized spacial score (nSPS) is 13.9. The summed E-state index contributed by atoms with van der Waals surface area (Å²) in [6, 6.07) is 5.54. The van der Waals surface area contributed by atoms with E-state index in [0.717, 1.165) is 48.6 Å². The number of hydrogen-bond donors (Lipinski definition) is 1. The molecule has 0 atom stereocenters. The van der Waals surface area contributed by atoms with Crippen molar-refractivity contribution in [1.29, 1.82) is 0 Å². The van der Waals surface area contributed by atoms with Gasteiger partial charge in [0.2, 0.25) is 5.91 Å². The third-order valence-electron chi connectivity index (χ3n) is 4.97. The van der Waals surface area contributed by atoms with Crippen molar-refractivity contribution in [2.24, 2.45) is 7.05 Å². The molecule has 0 spiro atoms. The number of anilines is 2. The summed E-state index contributed by atoms with van der Waals surface area (Å²) in [5.74, 6) is 1.19. The monoisotopic (exact) mass is 369 g/mol. The molecule has 1 saturated heterocycles. The van der Waals surface area contributed by atoms with Crippen LogP contribution in [0, 0.1) is 6.92 Å². The molecule has 2 aromatic rings. The molecule has 3 amide bonds. The zero-order valence-electron chi connectivity index (χ0n) is 16.2. The van der Waals surface area contributed by atoms with E-state index in [-0.39, 0.29) is 11.9 Å². The molecule has 3 rings (SSSR count). The van der Waals surface area contributed by atoms with E-state index < -0.39 is 0 Å². The molecule has 0 bridgehead atoms. The van der Waals surface area contributed by atoms with Gasteiger partial charge in [0, 0.05) is 63.8 Å². The molecule has 7 heteroatoms. The van der Waals surface area contributed by atoms with Crippen LogP contribution in [0.5, 0.6) is 0 Å². The Balaban J connectivity index is 1.53. The van der Waals surface area contributed by atoms with E-state index in [9.17, 15) is 9.59 Å². The van der Waals surface area contributed by atoms with E-state index in [4.69, 9.17) is 0 Å². The van der Waals surface area contributed by atoms with Gasteiger partial charge < -0.3 is 19.7 Å². The standard InChI is InChI=1S/C20H27N5O2/c1-15-14-16(8-9-17(15)25-12-5-7-19(25)26)22-20(27)24(3)11-4-6-18-21-10-13-23(18)2/h8-10,13-14H,4-7,11-12H2,1-3H3,(H,22,27). The Kier molecular flexibility index (Phi) is 5.78. The molecule has 1 aliphatic heterocycles. The highest BCUT2D eigenvalue weighted by Crippen LogP contribution is 2.27. The zero-order valence-corrected chi connectivity index (χ0v) is 16.2. The Bertz CT molecular complexity index is 830. The van der Waals surface area contributed by atoms with Gasteiger partial charge in [-0.1, -0.05) is 0 Å². The second-order valence-corrected chi connectivity index (χ2v) is 7.06. The van der Waals surface area contributed by atoms with E-state index in [1.807, 2.05) is 47.8 Å². The maximum Gasteiger partial charge on any atom is 0.321 e. The maximum absolute atomic E-state index is 12.4. The largest absolute Gasteiger partial charge is 0.338 e. The van der Waals surface area contributed by atoms with E-state index in [2.05, 4.69) is 10.3 Å². The predicted octanol–water partition coefficient (Wildman–Crippen LogP) is 2.95. The molecule has 0 radical (unpaired) electrons. The molecular formula is C20H27N5O2. The topological polar surface area (TPSA) is 70.5 Å². The number of carbonyl (C=O) groups excluding carboxylic acids is 2. The molecule has 27 heavy (non-hydrogen) atoms. The van der Waals surface area contributed by atoms with Crippen LogP contribution >= 0.6 is 0 Å². The van der Waals surface area contributed by atoms with Gasteiger partial charge in [-0.05, 0) is 43.5 Å². The summed E-state index contributed by atoms with van der Waals surface area (Å²) in [5.41, 5.74) is 2.66. The average molecular weight is 369 g/mol. The van der Waals surface area contributed by atoms with Gasteiger partial charge in [0.15, 0.2) is 0 Å². The minimum absolute atomic E-state index is 0.140. The van der Waals surface area contributed by atoms with Crippen LogP contribution in [0.1, 0.15) is 30.7 Å². The number of amides is 3. The first kappa shape index (κ1) is 18.9. The van der Waals surface area contributed by atoms with Gasteiger partial charge in [0.25, 0.3) is 0 Å². The van der Waals surface area contributed by atoms with E-state index >= 15 is 0 Å². The number of nitrogens with one attached hydrogen (secondary N) is 1. The first-order valence-corrected chi connectivity index (χ1v) is 9.35. The first-order chi connectivity index (χ1) is 13.0. The Labute approximate surface area is 160 Å². The van der Waals surface area contributed by atoms with Gasteiger partial charge in [0.05, 0.1) is 0 Å². The molecule has 1 aromatic carbocycles. The van der Waals surface area contributed by atoms with Crippen LogP contribution in [-0.4, -0.2) is 46.5 Å². The second-order valence-electron chi connectivity index (χ2n) is 7.06. The van der Waals surface area contributed by atoms with E-state index in [0.29, 0.717) is 13.0 Å². The van der Waals surface area contributed by atoms with Gasteiger partial charge in [-0.15, -0.1) is 0 Å². The SMILES string of the molecule is Cc1cc(NC(=O)N(C)CCCc2nccn2C)ccc1N1CCCC1=O. The van der Waals surface area contributed by atoms with Gasteiger partial charge in [-0.2, -0.15) is 0 Å². The minimum Gasteiger partial charge on any atom is -0.338 e. The van der Waals surface area contributed by atoms with Crippen molar-refractivity contribution in [2.75, 3.05) is 30.4 Å². The predicted molar refractivity (Wildman–Crippen MR) is 106 cm³/mol. The molecule has 1 N–H and O–H groups in total. The Hall–Kier alpha value is -2.83. The van der Waals surface area contributed by atoms with Crippen molar-refractivity contribution in [3.63, 3.8) is 0 Å². The molecule has 0 saturated carbocycles. The fraction of sp³-hybridized carbons (Fsp3) is 0.450. The molecule has 2 heterocycles. The van der Waals surface area contributed by atoms with Crippen molar-refractivity contribution in [1.82, 2.24) is 14.5 Å². The number of hydrogen-bond acceptors (Lipinski definition) is 3. The molecular weight excluding hydrogens is 342 g/mol. The summed E-state index contributed by atoms with van der Waals surface area (Å²) < 4.78 is 2.00. The van der Waals surface area contributed by atoms with Crippen molar-refractivity contribution in [2.45, 2.75) is 32.6 Å². The van der Waals surface area contributed by atoms with Crippen LogP contribution < -0.4 is 10.2 Å². The number of benzene rings is 1. The van der Waals surface area contributed by atoms with Crippen LogP contribution in [0.3, 0.4) is 0 Å². The third kappa shape index (κ3) is 4.48. The van der Waals surface area contributed by atoms with Gasteiger partial charge in [-0.3, -0.25) is 4.79 Å². The van der Waals surface area contributed by atoms with Gasteiger partial charge in [-0.25, -0.2) is 9.78 Å². The Morgan fingerprint density at radius 3 is 2.81 bits per heavy atom. The highest BCUT2D eigenvalue weighted by atomic mass is 16.2. The smallest absolute Gasteiger partial charge is 0.321 e. The summed E-state index contributed by atoms with van der Waals surface area (Å²) >= 11 is 0. The van der Waals surface area contributed by atoms with Crippen LogP contribution in [0.25, 0.3) is 0 Å². The number of rotatable bonds is 6. The zero-order chi connectivity index (χ0) is 19.4. The Morgan fingerprint density at radius 2 is 2.19 bits per heavy atom. The highest BCUT2D eigenvalue weighted by molar-refractivity contribution is 5.96. The van der Waals surface area contributed by atoms with Crippen LogP contribution in [0.4, 0.5) is 16.2 Å². The fourth-order valence-corrected chi connectivity index (χ4v) is 3.37. The lowest BCUT2D eigenvalue weighted by atomic mass is 10.1. The second kappa shape index (κ2) is 8.24. The van der Waals surface area contributed by atoms with E-state index in [1.54, 1.807) is 18.1 Å². The van der Waals surface area contributed by atoms with Crippen LogP contribution in [0.2, 0.25) is 0 Å². The van der Waals surface area contributed by atoms with E-state index in [1.165, 1.54) is 0 Å². The van der Waals surface area contributed by atoms with Crippen LogP contribution in [-0.2, 0) is 18.3 Å². The summed E-state index contributed by atoms with van der Waals surface area (Å²) in [4.78, 5) is 32.1. The molecule has 0 unspecified atom stereocenters. The van der Waals surface area contributed by atoms with Crippen molar-refractivity contribution < 1.29 is 9.59 Å². The minimum atomic E-state index is -0.140.